The third-order valence-corrected chi connectivity index (χ3v) is 4.03. The molecule has 2 N–H and O–H groups in total. The molecule has 0 aliphatic heterocycles. The van der Waals surface area contributed by atoms with Crippen LogP contribution >= 0.6 is 0 Å². The quantitative estimate of drug-likeness (QED) is 0.889. The van der Waals surface area contributed by atoms with E-state index in [0.717, 1.165) is 18.4 Å². The lowest BCUT2D eigenvalue weighted by Gasteiger charge is -2.22. The molecule has 0 unspecified atom stereocenters. The second-order valence-electron chi connectivity index (χ2n) is 5.80. The van der Waals surface area contributed by atoms with E-state index in [-0.39, 0.29) is 11.9 Å². The van der Waals surface area contributed by atoms with Crippen molar-refractivity contribution in [2.24, 2.45) is 0 Å². The molecule has 1 heterocycles. The first kappa shape index (κ1) is 14.8. The summed E-state index contributed by atoms with van der Waals surface area (Å²) in [6.45, 7) is 1.80. The number of nitrogens with one attached hydrogen (secondary N) is 2. The summed E-state index contributed by atoms with van der Waals surface area (Å²) in [5.74, 6) is 1.03. The third-order valence-electron chi connectivity index (χ3n) is 4.03. The van der Waals surface area contributed by atoms with Crippen molar-refractivity contribution in [1.82, 2.24) is 10.5 Å². The third kappa shape index (κ3) is 3.54. The summed E-state index contributed by atoms with van der Waals surface area (Å²) in [5, 5.41) is 10.1. The van der Waals surface area contributed by atoms with E-state index in [9.17, 15) is 4.79 Å². The van der Waals surface area contributed by atoms with E-state index in [2.05, 4.69) is 15.8 Å². The molecule has 0 radical (unpaired) electrons. The Balaban J connectivity index is 1.76. The first-order valence-corrected chi connectivity index (χ1v) is 7.77. The number of amides is 1. The summed E-state index contributed by atoms with van der Waals surface area (Å²) in [7, 11) is 0. The lowest BCUT2D eigenvalue weighted by molar-refractivity contribution is -0.118. The summed E-state index contributed by atoms with van der Waals surface area (Å²) >= 11 is 0. The van der Waals surface area contributed by atoms with Gasteiger partial charge in [0.25, 0.3) is 0 Å². The van der Waals surface area contributed by atoms with Crippen molar-refractivity contribution in [3.8, 4) is 0 Å². The molecular formula is C17H21N3O2. The van der Waals surface area contributed by atoms with Gasteiger partial charge in [0.15, 0.2) is 5.82 Å². The van der Waals surface area contributed by atoms with Gasteiger partial charge in [0, 0.05) is 12.1 Å². The maximum absolute atomic E-state index is 12.7. The van der Waals surface area contributed by atoms with Crippen LogP contribution in [0.3, 0.4) is 0 Å². The minimum absolute atomic E-state index is 0.105. The second kappa shape index (κ2) is 6.75. The first-order valence-electron chi connectivity index (χ1n) is 7.77. The molecule has 5 heteroatoms. The molecule has 5 nitrogen and oxygen atoms in total. The van der Waals surface area contributed by atoms with Crippen LogP contribution in [-0.2, 0) is 4.79 Å². The summed E-state index contributed by atoms with van der Waals surface area (Å²) in [6, 6.07) is 11.5. The fraction of sp³-hybridized carbons (Fsp3) is 0.412. The van der Waals surface area contributed by atoms with Gasteiger partial charge in [0.05, 0.1) is 0 Å². The van der Waals surface area contributed by atoms with Crippen LogP contribution < -0.4 is 10.6 Å². The van der Waals surface area contributed by atoms with Crippen LogP contribution in [0.5, 0.6) is 0 Å². The molecule has 1 aromatic heterocycles. The number of carbonyl (C=O) groups excluding carboxylic acids is 1. The maximum Gasteiger partial charge on any atom is 0.247 e. The molecule has 1 aliphatic carbocycles. The minimum Gasteiger partial charge on any atom is -0.360 e. The molecule has 1 amide bonds. The lowest BCUT2D eigenvalue weighted by atomic mass is 10.0. The van der Waals surface area contributed by atoms with Crippen molar-refractivity contribution < 1.29 is 9.32 Å². The Bertz CT molecular complexity index is 618. The number of carbonyl (C=O) groups is 1. The van der Waals surface area contributed by atoms with E-state index in [4.69, 9.17) is 4.52 Å². The van der Waals surface area contributed by atoms with Gasteiger partial charge in [0.2, 0.25) is 5.91 Å². The number of benzene rings is 1. The van der Waals surface area contributed by atoms with Gasteiger partial charge in [-0.05, 0) is 25.3 Å². The Morgan fingerprint density at radius 3 is 2.64 bits per heavy atom. The molecule has 1 saturated carbocycles. The molecule has 1 atom stereocenters. The van der Waals surface area contributed by atoms with Crippen molar-refractivity contribution in [2.75, 3.05) is 5.32 Å². The van der Waals surface area contributed by atoms with Gasteiger partial charge in [-0.25, -0.2) is 0 Å². The topological polar surface area (TPSA) is 67.2 Å². The van der Waals surface area contributed by atoms with Gasteiger partial charge in [-0.3, -0.25) is 10.1 Å². The summed E-state index contributed by atoms with van der Waals surface area (Å²) < 4.78 is 5.00. The number of aryl methyl sites for hydroxylation is 1. The molecule has 0 bridgehead atoms. The van der Waals surface area contributed by atoms with E-state index >= 15 is 0 Å². The van der Waals surface area contributed by atoms with Crippen molar-refractivity contribution in [3.05, 3.63) is 47.7 Å². The standard InChI is InChI=1S/C17H21N3O2/c1-12-11-15(20-22-12)19-17(21)16(13-7-3-2-4-8-13)18-14-9-5-6-10-14/h2-4,7-8,11,14,16,18H,5-6,9-10H2,1H3,(H,19,20,21)/t16-/m0/s1. The predicted molar refractivity (Wildman–Crippen MR) is 84.4 cm³/mol. The van der Waals surface area contributed by atoms with Gasteiger partial charge in [-0.15, -0.1) is 0 Å². The molecule has 22 heavy (non-hydrogen) atoms. The van der Waals surface area contributed by atoms with Crippen LogP contribution in [0.25, 0.3) is 0 Å². The number of rotatable bonds is 5. The Labute approximate surface area is 130 Å². The molecule has 0 saturated heterocycles. The fourth-order valence-electron chi connectivity index (χ4n) is 2.92. The molecule has 1 aliphatic rings. The molecule has 0 spiro atoms. The van der Waals surface area contributed by atoms with Crippen LogP contribution in [0.15, 0.2) is 40.9 Å². The summed E-state index contributed by atoms with van der Waals surface area (Å²) in [5.41, 5.74) is 0.965. The number of aromatic nitrogens is 1. The van der Waals surface area contributed by atoms with Crippen LogP contribution in [0.2, 0.25) is 0 Å². The number of nitrogens with zero attached hydrogens (tertiary/aromatic N) is 1. The molecular weight excluding hydrogens is 278 g/mol. The smallest absolute Gasteiger partial charge is 0.247 e. The maximum atomic E-state index is 12.7. The lowest BCUT2D eigenvalue weighted by Crippen LogP contribution is -2.38. The van der Waals surface area contributed by atoms with Crippen LogP contribution in [0, 0.1) is 6.92 Å². The molecule has 2 aromatic rings. The zero-order valence-corrected chi connectivity index (χ0v) is 12.7. The number of hydrogen-bond donors (Lipinski definition) is 2. The van der Waals surface area contributed by atoms with Crippen molar-refractivity contribution in [2.45, 2.75) is 44.7 Å². The summed E-state index contributed by atoms with van der Waals surface area (Å²) in [6.07, 6.45) is 4.70. The molecule has 1 aromatic carbocycles. The molecule has 3 rings (SSSR count). The van der Waals surface area contributed by atoms with Crippen molar-refractivity contribution in [3.63, 3.8) is 0 Å². The highest BCUT2D eigenvalue weighted by atomic mass is 16.5. The highest BCUT2D eigenvalue weighted by Gasteiger charge is 2.26. The zero-order chi connectivity index (χ0) is 15.4. The van der Waals surface area contributed by atoms with Crippen LogP contribution in [0.1, 0.15) is 43.0 Å². The zero-order valence-electron chi connectivity index (χ0n) is 12.7. The van der Waals surface area contributed by atoms with E-state index in [1.165, 1.54) is 12.8 Å². The van der Waals surface area contributed by atoms with E-state index in [1.807, 2.05) is 30.3 Å². The highest BCUT2D eigenvalue weighted by Crippen LogP contribution is 2.23. The SMILES string of the molecule is Cc1cc(NC(=O)[C@@H](NC2CCCC2)c2ccccc2)no1. The Kier molecular flexibility index (Phi) is 4.53. The van der Waals surface area contributed by atoms with Gasteiger partial charge in [-0.1, -0.05) is 48.3 Å². The first-order chi connectivity index (χ1) is 10.7. The normalized spacial score (nSPS) is 16.6. The highest BCUT2D eigenvalue weighted by molar-refractivity contribution is 5.94. The van der Waals surface area contributed by atoms with E-state index < -0.39 is 0 Å². The van der Waals surface area contributed by atoms with Gasteiger partial charge < -0.3 is 9.84 Å². The molecule has 116 valence electrons. The average molecular weight is 299 g/mol. The van der Waals surface area contributed by atoms with Gasteiger partial charge in [-0.2, -0.15) is 0 Å². The minimum atomic E-state index is -0.374. The average Bonchev–Trinajstić information content (AvgIpc) is 3.17. The Morgan fingerprint density at radius 1 is 1.27 bits per heavy atom. The Morgan fingerprint density at radius 2 is 2.00 bits per heavy atom. The van der Waals surface area contributed by atoms with Crippen molar-refractivity contribution >= 4 is 11.7 Å². The van der Waals surface area contributed by atoms with Gasteiger partial charge in [0.1, 0.15) is 11.8 Å². The number of anilines is 1. The van der Waals surface area contributed by atoms with Crippen LogP contribution in [0.4, 0.5) is 5.82 Å². The second-order valence-corrected chi connectivity index (χ2v) is 5.80. The number of hydrogen-bond acceptors (Lipinski definition) is 4. The Hall–Kier alpha value is -2.14. The summed E-state index contributed by atoms with van der Waals surface area (Å²) in [4.78, 5) is 12.7. The fourth-order valence-corrected chi connectivity index (χ4v) is 2.92. The van der Waals surface area contributed by atoms with Gasteiger partial charge >= 0.3 is 0 Å². The monoisotopic (exact) mass is 299 g/mol. The largest absolute Gasteiger partial charge is 0.360 e. The van der Waals surface area contributed by atoms with Crippen molar-refractivity contribution in [1.29, 1.82) is 0 Å². The molecule has 1 fully saturated rings. The van der Waals surface area contributed by atoms with E-state index in [1.54, 1.807) is 13.0 Å². The predicted octanol–water partition coefficient (Wildman–Crippen LogP) is 3.20. The van der Waals surface area contributed by atoms with Crippen LogP contribution in [-0.4, -0.2) is 17.1 Å². The van der Waals surface area contributed by atoms with E-state index in [0.29, 0.717) is 17.6 Å².